The second kappa shape index (κ2) is 6.90. The molecule has 3 heterocycles. The number of nitrogen functional groups attached to an aromatic ring is 1. The standard InChI is InChI=1S/C22H23ClN2O3/c1-4-5-16-15-11-27-22(2,3)10-14(15)17-18(24)20(28-21(17)25-16)19(26)12-6-8-13(23)9-7-12/h6-9H,4-5,10-11,24H2,1-3H3. The number of hydrogen-bond acceptors (Lipinski definition) is 5. The third-order valence-corrected chi connectivity index (χ3v) is 5.44. The number of carbonyl (C=O) groups is 1. The van der Waals surface area contributed by atoms with E-state index in [-0.39, 0.29) is 17.1 Å². The van der Waals surface area contributed by atoms with E-state index < -0.39 is 0 Å². The number of anilines is 1. The Morgan fingerprint density at radius 3 is 2.64 bits per heavy atom. The first-order valence-electron chi connectivity index (χ1n) is 9.47. The molecule has 0 spiro atoms. The van der Waals surface area contributed by atoms with Crippen LogP contribution in [0.5, 0.6) is 0 Å². The monoisotopic (exact) mass is 398 g/mol. The van der Waals surface area contributed by atoms with Crippen molar-refractivity contribution in [2.45, 2.75) is 52.2 Å². The van der Waals surface area contributed by atoms with Gasteiger partial charge in [0.2, 0.25) is 17.3 Å². The van der Waals surface area contributed by atoms with Gasteiger partial charge in [-0.05, 0) is 50.1 Å². The van der Waals surface area contributed by atoms with E-state index in [0.29, 0.717) is 35.0 Å². The van der Waals surface area contributed by atoms with E-state index in [0.717, 1.165) is 35.0 Å². The van der Waals surface area contributed by atoms with E-state index in [1.54, 1.807) is 24.3 Å². The Bertz CT molecular complexity index is 1070. The van der Waals surface area contributed by atoms with Gasteiger partial charge in [-0.1, -0.05) is 24.9 Å². The largest absolute Gasteiger partial charge is 0.432 e. The first kappa shape index (κ1) is 19.0. The van der Waals surface area contributed by atoms with Crippen LogP contribution in [0.1, 0.15) is 60.1 Å². The van der Waals surface area contributed by atoms with Crippen molar-refractivity contribution in [3.05, 3.63) is 57.4 Å². The first-order chi connectivity index (χ1) is 13.3. The lowest BCUT2D eigenvalue weighted by molar-refractivity contribution is -0.0401. The van der Waals surface area contributed by atoms with Crippen LogP contribution in [0.25, 0.3) is 11.1 Å². The normalized spacial score (nSPS) is 15.6. The molecule has 1 aliphatic heterocycles. The van der Waals surface area contributed by atoms with Gasteiger partial charge in [-0.25, -0.2) is 4.98 Å². The number of halogens is 1. The minimum atomic E-state index is -0.311. The summed E-state index contributed by atoms with van der Waals surface area (Å²) < 4.78 is 11.9. The molecular weight excluding hydrogens is 376 g/mol. The predicted octanol–water partition coefficient (Wildman–Crippen LogP) is 5.10. The van der Waals surface area contributed by atoms with E-state index >= 15 is 0 Å². The van der Waals surface area contributed by atoms with Crippen molar-refractivity contribution < 1.29 is 13.9 Å². The number of nitrogens with two attached hydrogens (primary N) is 1. The number of rotatable bonds is 4. The number of aryl methyl sites for hydroxylation is 1. The van der Waals surface area contributed by atoms with Gasteiger partial charge in [-0.2, -0.15) is 0 Å². The van der Waals surface area contributed by atoms with E-state index in [1.165, 1.54) is 0 Å². The maximum absolute atomic E-state index is 13.0. The lowest BCUT2D eigenvalue weighted by atomic mass is 9.88. The van der Waals surface area contributed by atoms with Crippen LogP contribution >= 0.6 is 11.6 Å². The molecule has 146 valence electrons. The highest BCUT2D eigenvalue weighted by Gasteiger charge is 2.33. The number of benzene rings is 1. The average Bonchev–Trinajstić information content (AvgIpc) is 2.98. The third-order valence-electron chi connectivity index (χ3n) is 5.19. The van der Waals surface area contributed by atoms with Crippen molar-refractivity contribution in [1.29, 1.82) is 0 Å². The molecular formula is C22H23ClN2O3. The summed E-state index contributed by atoms with van der Waals surface area (Å²) in [4.78, 5) is 17.7. The Morgan fingerprint density at radius 2 is 1.96 bits per heavy atom. The molecule has 1 aliphatic rings. The molecule has 0 aliphatic carbocycles. The summed E-state index contributed by atoms with van der Waals surface area (Å²) in [5.74, 6) is -0.144. The summed E-state index contributed by atoms with van der Waals surface area (Å²) in [6.07, 6.45) is 2.47. The number of pyridine rings is 1. The minimum absolute atomic E-state index is 0.130. The summed E-state index contributed by atoms with van der Waals surface area (Å²) in [6, 6.07) is 6.68. The summed E-state index contributed by atoms with van der Waals surface area (Å²) in [5.41, 5.74) is 10.5. The molecule has 0 bridgehead atoms. The lowest BCUT2D eigenvalue weighted by Crippen LogP contribution is -2.32. The van der Waals surface area contributed by atoms with Crippen molar-refractivity contribution in [3.63, 3.8) is 0 Å². The van der Waals surface area contributed by atoms with Gasteiger partial charge < -0.3 is 14.9 Å². The van der Waals surface area contributed by atoms with Crippen LogP contribution in [0, 0.1) is 0 Å². The number of carbonyl (C=O) groups excluding carboxylic acids is 1. The molecule has 0 saturated carbocycles. The van der Waals surface area contributed by atoms with Crippen molar-refractivity contribution in [3.8, 4) is 0 Å². The van der Waals surface area contributed by atoms with Gasteiger partial charge in [0.1, 0.15) is 0 Å². The minimum Gasteiger partial charge on any atom is -0.432 e. The number of nitrogens with zero attached hydrogens (tertiary/aromatic N) is 1. The van der Waals surface area contributed by atoms with Gasteiger partial charge in [0.05, 0.1) is 29.0 Å². The van der Waals surface area contributed by atoms with Gasteiger partial charge in [0.25, 0.3) is 0 Å². The third kappa shape index (κ3) is 3.19. The van der Waals surface area contributed by atoms with E-state index in [2.05, 4.69) is 20.8 Å². The number of aromatic nitrogens is 1. The molecule has 6 heteroatoms. The van der Waals surface area contributed by atoms with Crippen LogP contribution in [0.15, 0.2) is 28.7 Å². The topological polar surface area (TPSA) is 78.4 Å². The molecule has 28 heavy (non-hydrogen) atoms. The number of ketones is 1. The van der Waals surface area contributed by atoms with Crippen LogP contribution in [0.3, 0.4) is 0 Å². The zero-order valence-electron chi connectivity index (χ0n) is 16.3. The fourth-order valence-corrected chi connectivity index (χ4v) is 3.90. The molecule has 0 amide bonds. The van der Waals surface area contributed by atoms with Gasteiger partial charge >= 0.3 is 0 Å². The first-order valence-corrected chi connectivity index (χ1v) is 9.85. The summed E-state index contributed by atoms with van der Waals surface area (Å²) >= 11 is 5.93. The Kier molecular flexibility index (Phi) is 4.68. The molecule has 2 N–H and O–H groups in total. The highest BCUT2D eigenvalue weighted by atomic mass is 35.5. The Hall–Kier alpha value is -2.37. The molecule has 2 aromatic heterocycles. The Morgan fingerprint density at radius 1 is 1.25 bits per heavy atom. The maximum Gasteiger partial charge on any atom is 0.230 e. The Balaban J connectivity index is 1.91. The molecule has 4 rings (SSSR count). The van der Waals surface area contributed by atoms with Crippen molar-refractivity contribution >= 4 is 34.2 Å². The molecule has 0 radical (unpaired) electrons. The summed E-state index contributed by atoms with van der Waals surface area (Å²) in [5, 5.41) is 1.31. The van der Waals surface area contributed by atoms with Crippen LogP contribution < -0.4 is 5.73 Å². The maximum atomic E-state index is 13.0. The van der Waals surface area contributed by atoms with Crippen LogP contribution in [0.4, 0.5) is 5.69 Å². The molecule has 0 fully saturated rings. The number of ether oxygens (including phenoxy) is 1. The molecule has 0 unspecified atom stereocenters. The van der Waals surface area contributed by atoms with Gasteiger partial charge in [0.15, 0.2) is 0 Å². The molecule has 1 aromatic carbocycles. The number of fused-ring (bicyclic) bond motifs is 3. The lowest BCUT2D eigenvalue weighted by Gasteiger charge is -2.33. The van der Waals surface area contributed by atoms with Crippen molar-refractivity contribution in [1.82, 2.24) is 4.98 Å². The quantitative estimate of drug-likeness (QED) is 0.618. The predicted molar refractivity (Wildman–Crippen MR) is 110 cm³/mol. The molecule has 0 atom stereocenters. The number of furan rings is 1. The van der Waals surface area contributed by atoms with Crippen LogP contribution in [0.2, 0.25) is 5.02 Å². The molecule has 0 saturated heterocycles. The van der Waals surface area contributed by atoms with E-state index in [1.807, 2.05) is 0 Å². The fraction of sp³-hybridized carbons (Fsp3) is 0.364. The van der Waals surface area contributed by atoms with Crippen LogP contribution in [-0.2, 0) is 24.2 Å². The fourth-order valence-electron chi connectivity index (χ4n) is 3.77. The molecule has 3 aromatic rings. The second-order valence-electron chi connectivity index (χ2n) is 7.85. The van der Waals surface area contributed by atoms with E-state index in [9.17, 15) is 4.79 Å². The average molecular weight is 399 g/mol. The SMILES string of the molecule is CCCc1nc2oc(C(=O)c3ccc(Cl)cc3)c(N)c2c2c1COC(C)(C)C2. The van der Waals surface area contributed by atoms with Crippen LogP contribution in [-0.4, -0.2) is 16.4 Å². The van der Waals surface area contributed by atoms with Crippen molar-refractivity contribution in [2.24, 2.45) is 0 Å². The number of hydrogen-bond donors (Lipinski definition) is 1. The summed E-state index contributed by atoms with van der Waals surface area (Å²) in [6.45, 7) is 6.71. The van der Waals surface area contributed by atoms with Gasteiger partial charge in [-0.15, -0.1) is 0 Å². The van der Waals surface area contributed by atoms with Gasteiger partial charge in [-0.3, -0.25) is 4.79 Å². The highest BCUT2D eigenvalue weighted by Crippen LogP contribution is 2.39. The van der Waals surface area contributed by atoms with E-state index in [4.69, 9.17) is 31.5 Å². The highest BCUT2D eigenvalue weighted by molar-refractivity contribution is 6.30. The molecule has 5 nitrogen and oxygen atoms in total. The zero-order valence-corrected chi connectivity index (χ0v) is 17.0. The van der Waals surface area contributed by atoms with Crippen molar-refractivity contribution in [2.75, 3.05) is 5.73 Å². The second-order valence-corrected chi connectivity index (χ2v) is 8.29. The zero-order chi connectivity index (χ0) is 20.1. The summed E-state index contributed by atoms with van der Waals surface area (Å²) in [7, 11) is 0. The smallest absolute Gasteiger partial charge is 0.230 e. The Labute approximate surface area is 168 Å². The van der Waals surface area contributed by atoms with Gasteiger partial charge in [0, 0.05) is 22.6 Å².